The van der Waals surface area contributed by atoms with Crippen molar-refractivity contribution >= 4 is 17.8 Å². The van der Waals surface area contributed by atoms with Crippen LogP contribution < -0.4 is 10.6 Å². The lowest BCUT2D eigenvalue weighted by atomic mass is 9.87. The number of nitrogens with one attached hydrogen (secondary N) is 2. The van der Waals surface area contributed by atoms with Gasteiger partial charge in [0.1, 0.15) is 12.1 Å². The molecule has 0 bridgehead atoms. The number of carbonyl (C=O) groups excluding carboxylic acids is 3. The number of hydrogen-bond donors (Lipinski definition) is 2. The minimum absolute atomic E-state index is 0.0849. The molecule has 2 N–H and O–H groups in total. The number of benzene rings is 2. The van der Waals surface area contributed by atoms with E-state index in [0.29, 0.717) is 6.42 Å². The fourth-order valence-corrected chi connectivity index (χ4v) is 4.42. The van der Waals surface area contributed by atoms with Crippen LogP contribution in [0.4, 0.5) is 4.79 Å². The lowest BCUT2D eigenvalue weighted by Gasteiger charge is -2.27. The van der Waals surface area contributed by atoms with E-state index < -0.39 is 11.6 Å². The molecule has 2 unspecified atom stereocenters. The Kier molecular flexibility index (Phi) is 5.09. The number of carbonyl (C=O) groups is 3. The molecule has 1 aliphatic heterocycles. The molecule has 6 nitrogen and oxygen atoms in total. The summed E-state index contributed by atoms with van der Waals surface area (Å²) in [4.78, 5) is 39.5. The molecule has 2 aromatic rings. The molecular formula is C23H25N3O3. The van der Waals surface area contributed by atoms with E-state index in [4.69, 9.17) is 0 Å². The Hall–Kier alpha value is -3.15. The van der Waals surface area contributed by atoms with Gasteiger partial charge in [0.2, 0.25) is 5.91 Å². The number of nitrogens with zero attached hydrogens (tertiary/aromatic N) is 1. The van der Waals surface area contributed by atoms with Gasteiger partial charge in [0.05, 0.1) is 6.04 Å². The lowest BCUT2D eigenvalue weighted by molar-refractivity contribution is -0.135. The van der Waals surface area contributed by atoms with Crippen molar-refractivity contribution in [2.45, 2.75) is 44.2 Å². The van der Waals surface area contributed by atoms with Crippen molar-refractivity contribution in [2.24, 2.45) is 0 Å². The van der Waals surface area contributed by atoms with E-state index in [1.807, 2.05) is 55.5 Å². The van der Waals surface area contributed by atoms with Crippen LogP contribution in [-0.4, -0.2) is 29.3 Å². The first-order valence-electron chi connectivity index (χ1n) is 10.1. The summed E-state index contributed by atoms with van der Waals surface area (Å²) in [6.07, 6.45) is 3.27. The molecule has 2 aliphatic rings. The minimum Gasteiger partial charge on any atom is -0.348 e. The van der Waals surface area contributed by atoms with Gasteiger partial charge in [-0.15, -0.1) is 0 Å². The van der Waals surface area contributed by atoms with E-state index in [1.54, 1.807) is 0 Å². The van der Waals surface area contributed by atoms with E-state index in [1.165, 1.54) is 5.56 Å². The summed E-state index contributed by atoms with van der Waals surface area (Å²) in [5.74, 6) is -0.703. The average molecular weight is 391 g/mol. The molecule has 0 spiro atoms. The summed E-state index contributed by atoms with van der Waals surface area (Å²) in [6.45, 7) is 1.58. The Labute approximate surface area is 170 Å². The van der Waals surface area contributed by atoms with Gasteiger partial charge in [-0.05, 0) is 42.4 Å². The number of rotatable bonds is 5. The highest BCUT2D eigenvalue weighted by Gasteiger charge is 2.51. The number of imide groups is 1. The molecule has 1 fully saturated rings. The van der Waals surface area contributed by atoms with Gasteiger partial charge in [-0.3, -0.25) is 14.5 Å². The number of aryl methyl sites for hydroxylation is 1. The third-order valence-corrected chi connectivity index (χ3v) is 5.98. The summed E-state index contributed by atoms with van der Waals surface area (Å²) in [7, 11) is 0. The third-order valence-electron chi connectivity index (χ3n) is 5.98. The first-order chi connectivity index (χ1) is 14.0. The fourth-order valence-electron chi connectivity index (χ4n) is 4.42. The van der Waals surface area contributed by atoms with Crippen molar-refractivity contribution in [3.63, 3.8) is 0 Å². The van der Waals surface area contributed by atoms with E-state index in [2.05, 4.69) is 16.7 Å². The van der Waals surface area contributed by atoms with Crippen molar-refractivity contribution < 1.29 is 14.4 Å². The Bertz CT molecular complexity index is 943. The van der Waals surface area contributed by atoms with Crippen LogP contribution >= 0.6 is 0 Å². The molecule has 29 heavy (non-hydrogen) atoms. The van der Waals surface area contributed by atoms with Gasteiger partial charge in [-0.1, -0.05) is 61.5 Å². The molecular weight excluding hydrogens is 366 g/mol. The van der Waals surface area contributed by atoms with E-state index >= 15 is 0 Å². The predicted octanol–water partition coefficient (Wildman–Crippen LogP) is 3.04. The van der Waals surface area contributed by atoms with Crippen molar-refractivity contribution in [1.82, 2.24) is 15.5 Å². The maximum Gasteiger partial charge on any atom is 0.325 e. The zero-order valence-electron chi connectivity index (χ0n) is 16.5. The first kappa shape index (κ1) is 19.2. The lowest BCUT2D eigenvalue weighted by Crippen LogP contribution is -2.45. The van der Waals surface area contributed by atoms with Crippen LogP contribution in [-0.2, 0) is 21.5 Å². The highest BCUT2D eigenvalue weighted by Crippen LogP contribution is 2.33. The largest absolute Gasteiger partial charge is 0.348 e. The van der Waals surface area contributed by atoms with Crippen molar-refractivity contribution in [2.75, 3.05) is 6.54 Å². The normalized spacial score (nSPS) is 23.5. The second-order valence-corrected chi connectivity index (χ2v) is 7.66. The fraction of sp³-hybridized carbons (Fsp3) is 0.348. The monoisotopic (exact) mass is 391 g/mol. The summed E-state index contributed by atoms with van der Waals surface area (Å²) >= 11 is 0. The molecule has 150 valence electrons. The van der Waals surface area contributed by atoms with Crippen LogP contribution in [0.25, 0.3) is 0 Å². The van der Waals surface area contributed by atoms with E-state index in [-0.39, 0.29) is 24.4 Å². The summed E-state index contributed by atoms with van der Waals surface area (Å²) < 4.78 is 0. The quantitative estimate of drug-likeness (QED) is 0.769. The van der Waals surface area contributed by atoms with E-state index in [9.17, 15) is 14.4 Å². The topological polar surface area (TPSA) is 78.5 Å². The number of urea groups is 1. The SMILES string of the molecule is CCC1(c2ccccc2)NC(=O)N(CC(=O)NC2CCCc3ccccc32)C1=O. The molecule has 4 amide bonds. The Morgan fingerprint density at radius 3 is 2.62 bits per heavy atom. The van der Waals surface area contributed by atoms with Gasteiger partial charge in [-0.25, -0.2) is 4.79 Å². The third kappa shape index (κ3) is 3.39. The van der Waals surface area contributed by atoms with Gasteiger partial charge < -0.3 is 10.6 Å². The van der Waals surface area contributed by atoms with E-state index in [0.717, 1.165) is 35.3 Å². The van der Waals surface area contributed by atoms with Crippen LogP contribution in [0.1, 0.15) is 48.9 Å². The second-order valence-electron chi connectivity index (χ2n) is 7.66. The predicted molar refractivity (Wildman–Crippen MR) is 109 cm³/mol. The summed E-state index contributed by atoms with van der Waals surface area (Å²) in [6, 6.07) is 16.7. The minimum atomic E-state index is -1.12. The smallest absolute Gasteiger partial charge is 0.325 e. The van der Waals surface area contributed by atoms with Crippen molar-refractivity contribution in [3.8, 4) is 0 Å². The molecule has 1 heterocycles. The molecule has 2 atom stereocenters. The zero-order chi connectivity index (χ0) is 20.4. The van der Waals surface area contributed by atoms with Crippen LogP contribution in [0.3, 0.4) is 0 Å². The molecule has 1 aliphatic carbocycles. The summed E-state index contributed by atoms with van der Waals surface area (Å²) in [5, 5.41) is 5.83. The summed E-state index contributed by atoms with van der Waals surface area (Å²) in [5.41, 5.74) is 1.98. The number of hydrogen-bond acceptors (Lipinski definition) is 3. The molecule has 0 saturated carbocycles. The zero-order valence-corrected chi connectivity index (χ0v) is 16.5. The second kappa shape index (κ2) is 7.70. The van der Waals surface area contributed by atoms with Crippen LogP contribution in [0.15, 0.2) is 54.6 Å². The van der Waals surface area contributed by atoms with Gasteiger partial charge in [0.25, 0.3) is 5.91 Å². The molecule has 2 aromatic carbocycles. The van der Waals surface area contributed by atoms with Gasteiger partial charge in [0, 0.05) is 0 Å². The number of fused-ring (bicyclic) bond motifs is 1. The number of amides is 4. The average Bonchev–Trinajstić information content (AvgIpc) is 3.00. The maximum atomic E-state index is 13.2. The Balaban J connectivity index is 1.49. The molecule has 0 radical (unpaired) electrons. The van der Waals surface area contributed by atoms with Crippen LogP contribution in [0.5, 0.6) is 0 Å². The standard InChI is InChI=1S/C23H25N3O3/c1-2-23(17-11-4-3-5-12-17)21(28)26(22(29)25-23)15-20(27)24-19-14-8-10-16-9-6-7-13-18(16)19/h3-7,9,11-13,19H,2,8,10,14-15H2,1H3,(H,24,27)(H,25,29). The van der Waals surface area contributed by atoms with Crippen molar-refractivity contribution in [3.05, 3.63) is 71.3 Å². The maximum absolute atomic E-state index is 13.2. The van der Waals surface area contributed by atoms with Crippen LogP contribution in [0.2, 0.25) is 0 Å². The highest BCUT2D eigenvalue weighted by molar-refractivity contribution is 6.09. The van der Waals surface area contributed by atoms with Crippen molar-refractivity contribution in [1.29, 1.82) is 0 Å². The Morgan fingerprint density at radius 2 is 1.86 bits per heavy atom. The van der Waals surface area contributed by atoms with Crippen LogP contribution in [0, 0.1) is 0 Å². The molecule has 6 heteroatoms. The van der Waals surface area contributed by atoms with Gasteiger partial charge in [0.15, 0.2) is 0 Å². The molecule has 4 rings (SSSR count). The van der Waals surface area contributed by atoms with Gasteiger partial charge in [-0.2, -0.15) is 0 Å². The molecule has 0 aromatic heterocycles. The molecule has 1 saturated heterocycles. The van der Waals surface area contributed by atoms with Gasteiger partial charge >= 0.3 is 6.03 Å². The Morgan fingerprint density at radius 1 is 1.14 bits per heavy atom. The first-order valence-corrected chi connectivity index (χ1v) is 10.1. The highest BCUT2D eigenvalue weighted by atomic mass is 16.2.